The van der Waals surface area contributed by atoms with E-state index in [0.717, 1.165) is 47.8 Å². The first-order chi connectivity index (χ1) is 11.6. The number of carbonyl (C=O) groups is 2. The van der Waals surface area contributed by atoms with Crippen LogP contribution in [0.5, 0.6) is 0 Å². The van der Waals surface area contributed by atoms with Gasteiger partial charge in [0.25, 0.3) is 0 Å². The summed E-state index contributed by atoms with van der Waals surface area (Å²) in [7, 11) is 0. The average molecular weight is 325 g/mol. The van der Waals surface area contributed by atoms with Gasteiger partial charge in [-0.3, -0.25) is 14.6 Å². The van der Waals surface area contributed by atoms with Crippen molar-refractivity contribution in [2.24, 2.45) is 5.92 Å². The van der Waals surface area contributed by atoms with Gasteiger partial charge in [-0.05, 0) is 50.5 Å². The van der Waals surface area contributed by atoms with E-state index in [0.29, 0.717) is 0 Å². The van der Waals surface area contributed by atoms with Crippen molar-refractivity contribution < 1.29 is 9.59 Å². The molecule has 1 fully saturated rings. The van der Waals surface area contributed by atoms with Gasteiger partial charge in [0.1, 0.15) is 6.04 Å². The fraction of sp³-hybridized carbons (Fsp3) is 0.421. The highest BCUT2D eigenvalue weighted by Gasteiger charge is 2.25. The lowest BCUT2D eigenvalue weighted by molar-refractivity contribution is -0.128. The number of amides is 2. The van der Waals surface area contributed by atoms with Gasteiger partial charge in [0.2, 0.25) is 11.8 Å². The smallest absolute Gasteiger partial charge is 0.246 e. The molecule has 5 heteroatoms. The summed E-state index contributed by atoms with van der Waals surface area (Å²) in [5.74, 6) is -0.161. The van der Waals surface area contributed by atoms with Crippen LogP contribution in [0.4, 0.5) is 5.69 Å². The third kappa shape index (κ3) is 3.40. The van der Waals surface area contributed by atoms with Gasteiger partial charge in [-0.1, -0.05) is 18.9 Å². The van der Waals surface area contributed by atoms with E-state index in [1.807, 2.05) is 31.2 Å². The monoisotopic (exact) mass is 325 g/mol. The zero-order valence-electron chi connectivity index (χ0n) is 14.1. The highest BCUT2D eigenvalue weighted by Crippen LogP contribution is 2.26. The van der Waals surface area contributed by atoms with Crippen LogP contribution in [0.15, 0.2) is 30.5 Å². The molecule has 0 unspecified atom stereocenters. The second-order valence-electron chi connectivity index (χ2n) is 6.53. The topological polar surface area (TPSA) is 71.1 Å². The quantitative estimate of drug-likeness (QED) is 0.907. The van der Waals surface area contributed by atoms with Crippen molar-refractivity contribution >= 4 is 28.4 Å². The highest BCUT2D eigenvalue weighted by atomic mass is 16.2. The first-order valence-electron chi connectivity index (χ1n) is 8.52. The minimum Gasteiger partial charge on any atom is -0.344 e. The zero-order valence-corrected chi connectivity index (χ0v) is 14.1. The molecule has 0 bridgehead atoms. The molecule has 0 saturated heterocycles. The van der Waals surface area contributed by atoms with Crippen molar-refractivity contribution in [2.45, 2.75) is 45.6 Å². The number of anilines is 1. The number of aromatic nitrogens is 1. The van der Waals surface area contributed by atoms with Crippen LogP contribution in [-0.2, 0) is 9.59 Å². The van der Waals surface area contributed by atoms with Gasteiger partial charge in [-0.2, -0.15) is 0 Å². The Hall–Kier alpha value is -2.43. The number of carbonyl (C=O) groups excluding carboxylic acids is 2. The molecule has 3 rings (SSSR count). The molecule has 126 valence electrons. The number of hydrogen-bond acceptors (Lipinski definition) is 3. The van der Waals surface area contributed by atoms with E-state index in [9.17, 15) is 9.59 Å². The number of benzene rings is 1. The predicted octanol–water partition coefficient (Wildman–Crippen LogP) is 3.18. The molecule has 2 amide bonds. The van der Waals surface area contributed by atoms with Crippen LogP contribution in [0.2, 0.25) is 0 Å². The van der Waals surface area contributed by atoms with Crippen LogP contribution in [0.1, 0.15) is 38.2 Å². The van der Waals surface area contributed by atoms with Crippen LogP contribution in [0.3, 0.4) is 0 Å². The summed E-state index contributed by atoms with van der Waals surface area (Å²) in [6, 6.07) is 7.04. The minimum absolute atomic E-state index is 0.00872. The van der Waals surface area contributed by atoms with Crippen molar-refractivity contribution in [3.63, 3.8) is 0 Å². The summed E-state index contributed by atoms with van der Waals surface area (Å²) in [4.78, 5) is 29.0. The predicted molar refractivity (Wildman–Crippen MR) is 94.7 cm³/mol. The van der Waals surface area contributed by atoms with Crippen LogP contribution in [-0.4, -0.2) is 22.8 Å². The van der Waals surface area contributed by atoms with E-state index >= 15 is 0 Å². The van der Waals surface area contributed by atoms with Gasteiger partial charge in [-0.15, -0.1) is 0 Å². The van der Waals surface area contributed by atoms with Crippen molar-refractivity contribution in [1.82, 2.24) is 10.3 Å². The van der Waals surface area contributed by atoms with Gasteiger partial charge in [0, 0.05) is 17.5 Å². The number of aryl methyl sites for hydroxylation is 1. The summed E-state index contributed by atoms with van der Waals surface area (Å²) < 4.78 is 0. The maximum Gasteiger partial charge on any atom is 0.246 e. The van der Waals surface area contributed by atoms with Crippen LogP contribution in [0, 0.1) is 12.8 Å². The fourth-order valence-corrected chi connectivity index (χ4v) is 3.25. The maximum atomic E-state index is 12.4. The van der Waals surface area contributed by atoms with Crippen LogP contribution >= 0.6 is 0 Å². The Kier molecular flexibility index (Phi) is 4.79. The van der Waals surface area contributed by atoms with Crippen LogP contribution in [0.25, 0.3) is 10.9 Å². The van der Waals surface area contributed by atoms with Crippen molar-refractivity contribution in [3.05, 3.63) is 36.0 Å². The first kappa shape index (κ1) is 16.4. The largest absolute Gasteiger partial charge is 0.344 e. The lowest BCUT2D eigenvalue weighted by Gasteiger charge is -2.17. The first-order valence-corrected chi connectivity index (χ1v) is 8.52. The van der Waals surface area contributed by atoms with E-state index in [-0.39, 0.29) is 17.7 Å². The molecular formula is C19H23N3O2. The lowest BCUT2D eigenvalue weighted by Crippen LogP contribution is -2.43. The minimum atomic E-state index is -0.564. The molecule has 1 aliphatic carbocycles. The van der Waals surface area contributed by atoms with E-state index in [4.69, 9.17) is 0 Å². The third-order valence-corrected chi connectivity index (χ3v) is 4.71. The zero-order chi connectivity index (χ0) is 17.1. The Bertz CT molecular complexity index is 766. The standard InChI is InChI=1S/C19H23N3O2/c1-12-9-10-16(15-8-5-11-20-17(12)15)22-18(23)13(2)21-19(24)14-6-3-4-7-14/h5,8-11,13-14H,3-4,6-7H2,1-2H3,(H,21,24)(H,22,23)/t13-/m1/s1. The Morgan fingerprint density at radius 3 is 2.71 bits per heavy atom. The molecule has 1 aromatic carbocycles. The van der Waals surface area contributed by atoms with Gasteiger partial charge >= 0.3 is 0 Å². The molecule has 1 aromatic heterocycles. The number of nitrogens with zero attached hydrogens (tertiary/aromatic N) is 1. The van der Waals surface area contributed by atoms with Crippen molar-refractivity contribution in [3.8, 4) is 0 Å². The summed E-state index contributed by atoms with van der Waals surface area (Å²) in [5.41, 5.74) is 2.65. The third-order valence-electron chi connectivity index (χ3n) is 4.71. The second kappa shape index (κ2) is 6.99. The SMILES string of the molecule is Cc1ccc(NC(=O)[C@@H](C)NC(=O)C2CCCC2)c2cccnc12. The summed E-state index contributed by atoms with van der Waals surface area (Å²) in [5, 5.41) is 6.65. The van der Waals surface area contributed by atoms with E-state index in [1.165, 1.54) is 0 Å². The molecule has 24 heavy (non-hydrogen) atoms. The second-order valence-corrected chi connectivity index (χ2v) is 6.53. The summed E-state index contributed by atoms with van der Waals surface area (Å²) in [6.07, 6.45) is 5.79. The molecule has 1 saturated carbocycles. The molecule has 0 aliphatic heterocycles. The molecule has 0 spiro atoms. The van der Waals surface area contributed by atoms with Gasteiger partial charge in [-0.25, -0.2) is 0 Å². The maximum absolute atomic E-state index is 12.4. The van der Waals surface area contributed by atoms with Gasteiger partial charge in [0.05, 0.1) is 11.2 Å². The number of nitrogens with one attached hydrogen (secondary N) is 2. The molecule has 1 aliphatic rings. The number of pyridine rings is 1. The Morgan fingerprint density at radius 2 is 1.96 bits per heavy atom. The lowest BCUT2D eigenvalue weighted by atomic mass is 10.1. The molecule has 5 nitrogen and oxygen atoms in total. The van der Waals surface area contributed by atoms with E-state index < -0.39 is 6.04 Å². The Morgan fingerprint density at radius 1 is 1.21 bits per heavy atom. The van der Waals surface area contributed by atoms with E-state index in [1.54, 1.807) is 13.1 Å². The Balaban J connectivity index is 1.70. The number of fused-ring (bicyclic) bond motifs is 1. The van der Waals surface area contributed by atoms with Gasteiger partial charge in [0.15, 0.2) is 0 Å². The van der Waals surface area contributed by atoms with Gasteiger partial charge < -0.3 is 10.6 Å². The molecule has 1 heterocycles. The number of rotatable bonds is 4. The molecule has 2 N–H and O–H groups in total. The average Bonchev–Trinajstić information content (AvgIpc) is 3.12. The molecule has 1 atom stereocenters. The molecule has 2 aromatic rings. The number of hydrogen-bond donors (Lipinski definition) is 2. The fourth-order valence-electron chi connectivity index (χ4n) is 3.25. The van der Waals surface area contributed by atoms with Crippen molar-refractivity contribution in [2.75, 3.05) is 5.32 Å². The molecule has 0 radical (unpaired) electrons. The Labute approximate surface area is 141 Å². The molecular weight excluding hydrogens is 302 g/mol. The van der Waals surface area contributed by atoms with Crippen LogP contribution < -0.4 is 10.6 Å². The summed E-state index contributed by atoms with van der Waals surface area (Å²) in [6.45, 7) is 3.71. The van der Waals surface area contributed by atoms with E-state index in [2.05, 4.69) is 15.6 Å². The highest BCUT2D eigenvalue weighted by molar-refractivity contribution is 6.04. The summed E-state index contributed by atoms with van der Waals surface area (Å²) >= 11 is 0. The van der Waals surface area contributed by atoms with Crippen molar-refractivity contribution in [1.29, 1.82) is 0 Å². The normalized spacial score (nSPS) is 16.1.